The van der Waals surface area contributed by atoms with E-state index in [2.05, 4.69) is 16.6 Å². The number of rotatable bonds is 11. The first-order valence-corrected chi connectivity index (χ1v) is 17.4. The molecule has 0 bridgehead atoms. The van der Waals surface area contributed by atoms with E-state index in [1.165, 1.54) is 5.01 Å². The highest BCUT2D eigenvalue weighted by atomic mass is 35.5. The van der Waals surface area contributed by atoms with E-state index < -0.39 is 29.5 Å². The van der Waals surface area contributed by atoms with Crippen LogP contribution < -0.4 is 10.0 Å². The van der Waals surface area contributed by atoms with Gasteiger partial charge in [0.15, 0.2) is 0 Å². The maximum absolute atomic E-state index is 14.3. The second kappa shape index (κ2) is 15.0. The van der Waals surface area contributed by atoms with Crippen LogP contribution in [0.4, 0.5) is 10.5 Å². The summed E-state index contributed by atoms with van der Waals surface area (Å²) in [5, 5.41) is 8.91. The van der Waals surface area contributed by atoms with Crippen molar-refractivity contribution in [2.45, 2.75) is 31.7 Å². The largest absolute Gasteiger partial charge is 0.333 e. The van der Waals surface area contributed by atoms with Gasteiger partial charge in [-0.3, -0.25) is 23.9 Å². The van der Waals surface area contributed by atoms with Gasteiger partial charge in [0.2, 0.25) is 11.8 Å². The molecule has 2 heterocycles. The van der Waals surface area contributed by atoms with Gasteiger partial charge < -0.3 is 15.1 Å². The zero-order valence-electron chi connectivity index (χ0n) is 26.3. The van der Waals surface area contributed by atoms with Gasteiger partial charge in [-0.2, -0.15) is 5.01 Å². The quantitative estimate of drug-likeness (QED) is 0.140. The molecule has 3 atom stereocenters. The Morgan fingerprint density at radius 2 is 1.73 bits per heavy atom. The van der Waals surface area contributed by atoms with E-state index in [4.69, 9.17) is 23.2 Å². The Balaban J connectivity index is 1.30. The van der Waals surface area contributed by atoms with Crippen LogP contribution in [0.25, 0.3) is 10.8 Å². The number of halogens is 2. The zero-order chi connectivity index (χ0) is 34.7. The van der Waals surface area contributed by atoms with Crippen molar-refractivity contribution in [1.29, 1.82) is 0 Å². The maximum atomic E-state index is 14.3. The van der Waals surface area contributed by atoms with Crippen LogP contribution in [0.5, 0.6) is 0 Å². The summed E-state index contributed by atoms with van der Waals surface area (Å²) < 4.78 is 22.8. The fourth-order valence-electron chi connectivity index (χ4n) is 6.40. The van der Waals surface area contributed by atoms with E-state index in [1.54, 1.807) is 63.3 Å². The van der Waals surface area contributed by atoms with Crippen LogP contribution >= 0.6 is 23.2 Å². The maximum Gasteiger partial charge on any atom is 0.332 e. The second-order valence-corrected chi connectivity index (χ2v) is 13.3. The molecule has 4 amide bonds. The molecule has 4 aromatic rings. The van der Waals surface area contributed by atoms with Gasteiger partial charge in [-0.25, -0.2) is 9.00 Å². The van der Waals surface area contributed by atoms with E-state index in [0.717, 1.165) is 27.5 Å². The Morgan fingerprint density at radius 3 is 2.47 bits per heavy atom. The van der Waals surface area contributed by atoms with Crippen LogP contribution in [0, 0.1) is 0 Å². The first kappa shape index (κ1) is 34.4. The summed E-state index contributed by atoms with van der Waals surface area (Å²) in [6.07, 6.45) is 1.15. The van der Waals surface area contributed by atoms with Gasteiger partial charge in [0.1, 0.15) is 12.2 Å². The molecule has 2 aliphatic rings. The molecule has 0 aliphatic carbocycles. The van der Waals surface area contributed by atoms with Crippen LogP contribution in [0.2, 0.25) is 10.0 Å². The number of anilines is 1. The molecule has 3 N–H and O–H groups in total. The number of carbonyl (C=O) groups is 3. The average molecular weight is 722 g/mol. The normalized spacial score (nSPS) is 18.3. The van der Waals surface area contributed by atoms with Crippen molar-refractivity contribution in [2.75, 3.05) is 24.4 Å². The molecule has 4 aromatic carbocycles. The number of hydrogen-bond donors (Lipinski definition) is 3. The third kappa shape index (κ3) is 7.58. The summed E-state index contributed by atoms with van der Waals surface area (Å²) in [5.74, 6) is -0.495. The number of fused-ring (bicyclic) bond motifs is 2. The van der Waals surface area contributed by atoms with Gasteiger partial charge in [0, 0.05) is 25.2 Å². The number of hydrogen-bond acceptors (Lipinski definition) is 5. The van der Waals surface area contributed by atoms with Crippen LogP contribution in [-0.4, -0.2) is 78.3 Å². The Kier molecular flexibility index (Phi) is 10.5. The molecule has 49 heavy (non-hydrogen) atoms. The van der Waals surface area contributed by atoms with Crippen molar-refractivity contribution in [3.63, 3.8) is 0 Å². The summed E-state index contributed by atoms with van der Waals surface area (Å²) in [4.78, 5) is 45.1. The minimum Gasteiger partial charge on any atom is -0.333 e. The lowest BCUT2D eigenvalue weighted by Gasteiger charge is -2.46. The predicted octanol–water partition coefficient (Wildman–Crippen LogP) is 5.43. The molecule has 14 heteroatoms. The Bertz CT molecular complexity index is 1920. The highest BCUT2D eigenvalue weighted by molar-refractivity contribution is 7.80. The first-order chi connectivity index (χ1) is 23.6. The fourth-order valence-corrected chi connectivity index (χ4v) is 7.06. The third-order valence-electron chi connectivity index (χ3n) is 8.67. The van der Waals surface area contributed by atoms with Gasteiger partial charge in [-0.05, 0) is 51.7 Å². The van der Waals surface area contributed by atoms with Crippen molar-refractivity contribution in [3.8, 4) is 0 Å². The summed E-state index contributed by atoms with van der Waals surface area (Å²) in [7, 11) is 0. The molecule has 254 valence electrons. The highest BCUT2D eigenvalue weighted by Gasteiger charge is 2.52. The number of nitrogens with one attached hydrogen (secondary N) is 2. The van der Waals surface area contributed by atoms with E-state index in [1.807, 2.05) is 42.5 Å². The molecule has 2 aliphatic heterocycles. The number of hydrazine groups is 1. The number of urea groups is 1. The lowest BCUT2D eigenvalue weighted by molar-refractivity contribution is -0.157. The van der Waals surface area contributed by atoms with Gasteiger partial charge in [0.05, 0.1) is 29.7 Å². The number of benzene rings is 4. The molecule has 2 fully saturated rings. The monoisotopic (exact) mass is 720 g/mol. The molecule has 6 rings (SSSR count). The Labute approximate surface area is 296 Å². The number of nitrogens with zero attached hydrogens (tertiary/aromatic N) is 4. The Morgan fingerprint density at radius 1 is 1.00 bits per heavy atom. The van der Waals surface area contributed by atoms with E-state index in [0.29, 0.717) is 22.3 Å². The smallest absolute Gasteiger partial charge is 0.332 e. The average Bonchev–Trinajstić information content (AvgIpc) is 3.41. The minimum atomic E-state index is -2.23. The van der Waals surface area contributed by atoms with Crippen LogP contribution in [0.1, 0.15) is 16.7 Å². The molecule has 0 aromatic heterocycles. The molecule has 11 nitrogen and oxygen atoms in total. The van der Waals surface area contributed by atoms with E-state index >= 15 is 0 Å². The Hall–Kier alpha value is -4.46. The minimum absolute atomic E-state index is 0.115. The molecule has 0 radical (unpaired) electrons. The molecule has 2 saturated heterocycles. The SMILES string of the molecule is C=CCN(C(=O)NCc1ccc(Cl)c(Cl)c1)N1CC(=O)N2[C@@H](Cc3ccc(NS(=O)O)cc3)C(=O)N(Cc3cccc4ccccc34)C[C@@H]21. The van der Waals surface area contributed by atoms with E-state index in [9.17, 15) is 23.1 Å². The van der Waals surface area contributed by atoms with Gasteiger partial charge >= 0.3 is 6.03 Å². The summed E-state index contributed by atoms with van der Waals surface area (Å²) in [5.41, 5.74) is 2.90. The zero-order valence-corrected chi connectivity index (χ0v) is 28.6. The molecule has 1 unspecified atom stereocenters. The van der Waals surface area contributed by atoms with Crippen LogP contribution in [-0.2, 0) is 40.4 Å². The summed E-state index contributed by atoms with van der Waals surface area (Å²) in [6, 6.07) is 24.5. The van der Waals surface area contributed by atoms with Crippen LogP contribution in [0.15, 0.2) is 97.6 Å². The summed E-state index contributed by atoms with van der Waals surface area (Å²) in [6.45, 7) is 4.49. The predicted molar refractivity (Wildman–Crippen MR) is 191 cm³/mol. The first-order valence-electron chi connectivity index (χ1n) is 15.5. The van der Waals surface area contributed by atoms with Crippen molar-refractivity contribution in [2.24, 2.45) is 0 Å². The topological polar surface area (TPSA) is 126 Å². The third-order valence-corrected chi connectivity index (χ3v) is 9.82. The lowest BCUT2D eigenvalue weighted by Crippen LogP contribution is -2.66. The van der Waals surface area contributed by atoms with Gasteiger partial charge in [-0.1, -0.05) is 89.9 Å². The van der Waals surface area contributed by atoms with E-state index in [-0.39, 0.29) is 44.4 Å². The molecular weight excluding hydrogens is 687 g/mol. The lowest BCUT2D eigenvalue weighted by atomic mass is 9.99. The second-order valence-electron chi connectivity index (χ2n) is 11.8. The number of piperazine rings is 1. The molecule has 0 saturated carbocycles. The number of carbonyl (C=O) groups excluding carboxylic acids is 3. The highest BCUT2D eigenvalue weighted by Crippen LogP contribution is 2.32. The standard InChI is InChI=1S/C35H34Cl2N6O5S/c1-2-16-41(35(46)38-19-24-12-15-29(36)30(37)17-24)42-22-33(44)43-31(18-23-10-13-27(14-11-23)39-49(47)48)34(45)40(21-32(42)43)20-26-8-5-7-25-6-3-4-9-28(25)26/h2-15,17,31-32,39H,1,16,18-22H2,(H,38,46)(H,47,48)/t31-,32+/m0/s1. The van der Waals surface area contributed by atoms with Gasteiger partial charge in [0.25, 0.3) is 11.3 Å². The van der Waals surface area contributed by atoms with Crippen molar-refractivity contribution < 1.29 is 23.1 Å². The summed E-state index contributed by atoms with van der Waals surface area (Å²) >= 11 is 10.00. The van der Waals surface area contributed by atoms with Crippen molar-refractivity contribution >= 4 is 68.8 Å². The van der Waals surface area contributed by atoms with Crippen molar-refractivity contribution in [3.05, 3.63) is 124 Å². The number of amides is 4. The van der Waals surface area contributed by atoms with Gasteiger partial charge in [-0.15, -0.1) is 6.58 Å². The fraction of sp³-hybridized carbons (Fsp3) is 0.229. The van der Waals surface area contributed by atoms with Crippen molar-refractivity contribution in [1.82, 2.24) is 25.1 Å². The molecule has 0 spiro atoms. The van der Waals surface area contributed by atoms with Crippen LogP contribution in [0.3, 0.4) is 0 Å². The molecular formula is C35H34Cl2N6O5S.